The molecule has 27 heavy (non-hydrogen) atoms. The van der Waals surface area contributed by atoms with Gasteiger partial charge in [-0.15, -0.1) is 0 Å². The summed E-state index contributed by atoms with van der Waals surface area (Å²) in [5.41, 5.74) is 1.13. The van der Waals surface area contributed by atoms with Gasteiger partial charge in [-0.3, -0.25) is 19.0 Å². The molecule has 1 amide bonds. The van der Waals surface area contributed by atoms with Gasteiger partial charge in [0.15, 0.2) is 0 Å². The highest BCUT2D eigenvalue weighted by molar-refractivity contribution is 5.79. The molecule has 1 fully saturated rings. The number of benzene rings is 1. The molecule has 7 heteroatoms. The molecular weight excluding hydrogens is 344 g/mol. The van der Waals surface area contributed by atoms with E-state index in [1.165, 1.54) is 14.8 Å². The lowest BCUT2D eigenvalue weighted by Gasteiger charge is -2.34. The molecule has 1 saturated heterocycles. The molecule has 1 aromatic carbocycles. The monoisotopic (exact) mass is 368 g/mol. The summed E-state index contributed by atoms with van der Waals surface area (Å²) in [6.07, 6.45) is 1.21. The van der Waals surface area contributed by atoms with E-state index in [4.69, 9.17) is 0 Å². The number of rotatable bonds is 3. The molecule has 0 bridgehead atoms. The Bertz CT molecular complexity index is 990. The van der Waals surface area contributed by atoms with Crippen molar-refractivity contribution in [1.82, 2.24) is 19.2 Å². The van der Waals surface area contributed by atoms with Gasteiger partial charge in [-0.25, -0.2) is 4.68 Å². The molecule has 4 rings (SSSR count). The van der Waals surface area contributed by atoms with Gasteiger partial charge in [-0.05, 0) is 31.7 Å². The van der Waals surface area contributed by atoms with Crippen molar-refractivity contribution in [3.63, 3.8) is 0 Å². The van der Waals surface area contributed by atoms with Gasteiger partial charge >= 0.3 is 11.1 Å². The summed E-state index contributed by atoms with van der Waals surface area (Å²) in [4.78, 5) is 39.1. The highest BCUT2D eigenvalue weighted by atomic mass is 16.2. The maximum Gasteiger partial charge on any atom is 0.332 e. The summed E-state index contributed by atoms with van der Waals surface area (Å²) in [5.74, 6) is 1.04. The Morgan fingerprint density at radius 3 is 2.59 bits per heavy atom. The van der Waals surface area contributed by atoms with Crippen molar-refractivity contribution < 1.29 is 4.79 Å². The molecule has 142 valence electrons. The van der Waals surface area contributed by atoms with Crippen LogP contribution in [0.15, 0.2) is 33.9 Å². The summed E-state index contributed by atoms with van der Waals surface area (Å²) < 4.78 is 2.77. The molecule has 0 unspecified atom stereocenters. The average Bonchev–Trinajstić information content (AvgIpc) is 3.04. The van der Waals surface area contributed by atoms with Gasteiger partial charge in [-0.1, -0.05) is 29.8 Å². The Morgan fingerprint density at radius 1 is 1.15 bits per heavy atom. The highest BCUT2D eigenvalue weighted by Crippen LogP contribution is 2.37. The Balaban J connectivity index is 1.56. The summed E-state index contributed by atoms with van der Waals surface area (Å²) in [7, 11) is 0. The minimum atomic E-state index is -0.563. The van der Waals surface area contributed by atoms with Crippen molar-refractivity contribution in [2.45, 2.75) is 45.7 Å². The quantitative estimate of drug-likeness (QED) is 0.755. The number of likely N-dealkylation sites (tertiary alicyclic amines) is 1. The van der Waals surface area contributed by atoms with Gasteiger partial charge in [0.2, 0.25) is 5.91 Å². The van der Waals surface area contributed by atoms with E-state index >= 15 is 0 Å². The van der Waals surface area contributed by atoms with Crippen LogP contribution in [0.25, 0.3) is 0 Å². The summed E-state index contributed by atoms with van der Waals surface area (Å²) in [6, 6.07) is 8.02. The van der Waals surface area contributed by atoms with Gasteiger partial charge in [0, 0.05) is 32.1 Å². The number of carbonyl (C=O) groups is 1. The third kappa shape index (κ3) is 3.11. The predicted octanol–water partition coefficient (Wildman–Crippen LogP) is 0.922. The number of hydrogen-bond acceptors (Lipinski definition) is 4. The number of aryl methyl sites for hydroxylation is 2. The number of fused-ring (bicyclic) bond motifs is 3. The zero-order valence-corrected chi connectivity index (χ0v) is 15.7. The van der Waals surface area contributed by atoms with Crippen molar-refractivity contribution in [1.29, 1.82) is 0 Å². The van der Waals surface area contributed by atoms with Crippen molar-refractivity contribution in [3.05, 3.63) is 61.9 Å². The Kier molecular flexibility index (Phi) is 4.45. The molecule has 0 radical (unpaired) electrons. The normalized spacial score (nSPS) is 21.0. The van der Waals surface area contributed by atoms with E-state index in [9.17, 15) is 14.4 Å². The predicted molar refractivity (Wildman–Crippen MR) is 101 cm³/mol. The van der Waals surface area contributed by atoms with Crippen LogP contribution in [0.3, 0.4) is 0 Å². The van der Waals surface area contributed by atoms with Crippen LogP contribution in [0.2, 0.25) is 0 Å². The van der Waals surface area contributed by atoms with Crippen LogP contribution in [-0.2, 0) is 24.3 Å². The second-order valence-corrected chi connectivity index (χ2v) is 7.55. The van der Waals surface area contributed by atoms with Crippen LogP contribution in [0.1, 0.15) is 36.2 Å². The lowest BCUT2D eigenvalue weighted by Crippen LogP contribution is -2.44. The molecule has 1 aromatic heterocycles. The fourth-order valence-electron chi connectivity index (χ4n) is 4.18. The molecule has 0 N–H and O–H groups in total. The molecule has 0 saturated carbocycles. The minimum absolute atomic E-state index is 0.0202. The first-order valence-corrected chi connectivity index (χ1v) is 9.53. The van der Waals surface area contributed by atoms with Gasteiger partial charge in [0.05, 0.1) is 6.42 Å². The van der Waals surface area contributed by atoms with Gasteiger partial charge in [-0.2, -0.15) is 5.10 Å². The summed E-state index contributed by atoms with van der Waals surface area (Å²) in [6.45, 7) is 5.98. The lowest BCUT2D eigenvalue weighted by atomic mass is 9.87. The van der Waals surface area contributed by atoms with E-state index in [1.807, 2.05) is 36.1 Å². The molecule has 2 aromatic rings. The lowest BCUT2D eigenvalue weighted by molar-refractivity contribution is -0.132. The van der Waals surface area contributed by atoms with Gasteiger partial charge in [0.25, 0.3) is 0 Å². The first kappa shape index (κ1) is 17.7. The van der Waals surface area contributed by atoms with Crippen LogP contribution >= 0.6 is 0 Å². The Hall–Kier alpha value is -2.70. The molecule has 0 aliphatic carbocycles. The fraction of sp³-hybridized carbons (Fsp3) is 0.500. The third-order valence-electron chi connectivity index (χ3n) is 5.80. The van der Waals surface area contributed by atoms with E-state index < -0.39 is 11.1 Å². The first-order chi connectivity index (χ1) is 13.0. The highest BCUT2D eigenvalue weighted by Gasteiger charge is 2.40. The smallest absolute Gasteiger partial charge is 0.332 e. The van der Waals surface area contributed by atoms with E-state index in [2.05, 4.69) is 5.10 Å². The van der Waals surface area contributed by atoms with Crippen molar-refractivity contribution in [2.24, 2.45) is 5.92 Å². The van der Waals surface area contributed by atoms with E-state index in [0.717, 1.165) is 12.0 Å². The van der Waals surface area contributed by atoms with Crippen LogP contribution < -0.4 is 11.1 Å². The van der Waals surface area contributed by atoms with Crippen molar-refractivity contribution in [3.8, 4) is 0 Å². The number of piperidine rings is 1. The number of aromatic nitrogens is 3. The minimum Gasteiger partial charge on any atom is -0.342 e. The van der Waals surface area contributed by atoms with Gasteiger partial charge < -0.3 is 4.90 Å². The average molecular weight is 368 g/mol. The second kappa shape index (κ2) is 6.79. The van der Waals surface area contributed by atoms with Crippen molar-refractivity contribution >= 4 is 5.91 Å². The molecular formula is C20H24N4O3. The molecule has 2 atom stereocenters. The van der Waals surface area contributed by atoms with Crippen molar-refractivity contribution in [2.75, 3.05) is 13.1 Å². The summed E-state index contributed by atoms with van der Waals surface area (Å²) >= 11 is 0. The standard InChI is InChI=1S/C20H24N4O3/c1-3-24-20(27)19(26)23-11-15-8-9-22(12-16(15)18(23)21-24)17(25)10-14-6-4-13(2)5-7-14/h4-7,15-16H,3,8-12H2,1-2H3/t15-,16-/m1/s1. The number of hydrogen-bond donors (Lipinski definition) is 0. The zero-order valence-electron chi connectivity index (χ0n) is 15.7. The maximum atomic E-state index is 12.8. The fourth-order valence-corrected chi connectivity index (χ4v) is 4.18. The van der Waals surface area contributed by atoms with Crippen LogP contribution in [0, 0.1) is 12.8 Å². The molecule has 7 nitrogen and oxygen atoms in total. The Labute approximate surface area is 157 Å². The molecule has 2 aliphatic rings. The van der Waals surface area contributed by atoms with E-state index in [-0.39, 0.29) is 17.7 Å². The topological polar surface area (TPSA) is 77.2 Å². The number of amides is 1. The number of nitrogens with zero attached hydrogens (tertiary/aromatic N) is 4. The van der Waals surface area contributed by atoms with Crippen LogP contribution in [0.5, 0.6) is 0 Å². The van der Waals surface area contributed by atoms with E-state index in [1.54, 1.807) is 6.92 Å². The maximum absolute atomic E-state index is 12.8. The van der Waals surface area contributed by atoms with Gasteiger partial charge in [0.1, 0.15) is 5.82 Å². The molecule has 0 spiro atoms. The zero-order chi connectivity index (χ0) is 19.1. The summed E-state index contributed by atoms with van der Waals surface area (Å²) in [5, 5.41) is 4.43. The SMILES string of the molecule is CCn1nc2n(c(=O)c1=O)C[C@H]1CCN(C(=O)Cc3ccc(C)cc3)C[C@@H]21. The largest absolute Gasteiger partial charge is 0.342 e. The second-order valence-electron chi connectivity index (χ2n) is 7.55. The molecule has 2 aliphatic heterocycles. The van der Waals surface area contributed by atoms with Crippen LogP contribution in [-0.4, -0.2) is 38.2 Å². The molecule has 3 heterocycles. The third-order valence-corrected chi connectivity index (χ3v) is 5.80. The first-order valence-electron chi connectivity index (χ1n) is 9.53. The Morgan fingerprint density at radius 2 is 1.89 bits per heavy atom. The number of carbonyl (C=O) groups excluding carboxylic acids is 1. The van der Waals surface area contributed by atoms with E-state index in [0.29, 0.717) is 38.4 Å². The van der Waals surface area contributed by atoms with Crippen LogP contribution in [0.4, 0.5) is 0 Å².